The van der Waals surface area contributed by atoms with Gasteiger partial charge in [-0.15, -0.1) is 0 Å². The zero-order valence-corrected chi connectivity index (χ0v) is 22.8. The van der Waals surface area contributed by atoms with Gasteiger partial charge in [0.25, 0.3) is 20.2 Å². The molecule has 0 radical (unpaired) electrons. The van der Waals surface area contributed by atoms with Gasteiger partial charge in [-0.25, -0.2) is 9.97 Å². The second-order valence-corrected chi connectivity index (χ2v) is 11.8. The molecule has 3 N–H and O–H groups in total. The highest BCUT2D eigenvalue weighted by atomic mass is 32.2. The summed E-state index contributed by atoms with van der Waals surface area (Å²) in [6, 6.07) is 4.46. The maximum Gasteiger partial charge on any atom is 0.316 e. The van der Waals surface area contributed by atoms with Crippen LogP contribution in [0.3, 0.4) is 0 Å². The molecule has 1 aromatic carbocycles. The number of ether oxygens (including phenoxy) is 3. The third kappa shape index (κ3) is 7.83. The van der Waals surface area contributed by atoms with Gasteiger partial charge in [-0.3, -0.25) is 14.1 Å². The van der Waals surface area contributed by atoms with E-state index in [-0.39, 0.29) is 18.1 Å². The molecule has 1 saturated carbocycles. The van der Waals surface area contributed by atoms with Gasteiger partial charge < -0.3 is 19.3 Å². The first-order valence-electron chi connectivity index (χ1n) is 11.7. The van der Waals surface area contributed by atoms with Gasteiger partial charge in [-0.1, -0.05) is 0 Å². The molecule has 1 aromatic heterocycles. The fourth-order valence-corrected chi connectivity index (χ4v) is 6.04. The second-order valence-electron chi connectivity index (χ2n) is 8.67. The van der Waals surface area contributed by atoms with E-state index in [1.165, 1.54) is 0 Å². The Kier molecular flexibility index (Phi) is 9.64. The molecule has 210 valence electrons. The number of fused-ring (bicyclic) bond motifs is 3. The number of aliphatic hydroxyl groups excluding tert-OH is 1. The van der Waals surface area contributed by atoms with E-state index in [9.17, 15) is 21.9 Å². The van der Waals surface area contributed by atoms with Crippen LogP contribution in [0.25, 0.3) is 0 Å². The standard InChI is InChI=1S/C21H25N3O4.C2H6O6S2/c1-4-28-19-8-14-15-7-13(25)5-6-17(15)24-20(16(14)9-18(19)26-2)12-10-22-21(27-3)23-11-12;3-9(4,5)1-2-10(6,7)8/h8-11,13,15,17,25H,4-7H2,1-3H3;1-2H2,(H,3,4,5)(H,6,7,8)/t13-,15-,17-;/m1./s1. The number of aliphatic imine (C=N–C) groups is 1. The predicted octanol–water partition coefficient (Wildman–Crippen LogP) is 1.50. The highest BCUT2D eigenvalue weighted by molar-refractivity contribution is 7.89. The van der Waals surface area contributed by atoms with Crippen molar-refractivity contribution < 1.29 is 45.3 Å². The molecular weight excluding hydrogens is 542 g/mol. The number of hydrogen-bond acceptors (Lipinski definition) is 11. The third-order valence-electron chi connectivity index (χ3n) is 6.05. The number of benzene rings is 1. The molecule has 3 atom stereocenters. The first-order valence-corrected chi connectivity index (χ1v) is 14.9. The minimum atomic E-state index is -4.30. The third-order valence-corrected chi connectivity index (χ3v) is 7.75. The molecule has 1 aliphatic carbocycles. The lowest BCUT2D eigenvalue weighted by Gasteiger charge is -2.37. The SMILES string of the molecule is CCOc1cc2c(cc1OC)C(c1cnc(OC)nc1)=N[C@@H]1CC[C@@H](O)C[C@H]21.O=S(=O)(O)CCS(=O)(=O)O. The van der Waals surface area contributed by atoms with Crippen molar-refractivity contribution in [2.75, 3.05) is 32.3 Å². The normalized spacial score (nSPS) is 20.7. The highest BCUT2D eigenvalue weighted by Crippen LogP contribution is 2.44. The van der Waals surface area contributed by atoms with E-state index < -0.39 is 31.7 Å². The molecule has 0 spiro atoms. The minimum Gasteiger partial charge on any atom is -0.493 e. The monoisotopic (exact) mass is 573 g/mol. The average molecular weight is 574 g/mol. The van der Waals surface area contributed by atoms with Gasteiger partial charge in [-0.2, -0.15) is 16.8 Å². The van der Waals surface area contributed by atoms with Crippen molar-refractivity contribution in [2.45, 2.75) is 44.2 Å². The average Bonchev–Trinajstić information content (AvgIpc) is 2.87. The van der Waals surface area contributed by atoms with E-state index in [1.807, 2.05) is 19.1 Å². The van der Waals surface area contributed by atoms with Crippen LogP contribution in [0.15, 0.2) is 29.5 Å². The molecule has 15 heteroatoms. The van der Waals surface area contributed by atoms with Crippen molar-refractivity contribution in [3.8, 4) is 17.5 Å². The Morgan fingerprint density at radius 3 is 2.11 bits per heavy atom. The zero-order chi connectivity index (χ0) is 28.1. The summed E-state index contributed by atoms with van der Waals surface area (Å²) < 4.78 is 71.8. The van der Waals surface area contributed by atoms with Crippen LogP contribution in [0.4, 0.5) is 0 Å². The van der Waals surface area contributed by atoms with Gasteiger partial charge in [0, 0.05) is 29.4 Å². The Morgan fingerprint density at radius 1 is 0.947 bits per heavy atom. The fraction of sp³-hybridized carbons (Fsp3) is 0.522. The first-order chi connectivity index (χ1) is 17.8. The predicted molar refractivity (Wildman–Crippen MR) is 138 cm³/mol. The van der Waals surface area contributed by atoms with Crippen molar-refractivity contribution in [2.24, 2.45) is 4.99 Å². The van der Waals surface area contributed by atoms with Gasteiger partial charge >= 0.3 is 6.01 Å². The van der Waals surface area contributed by atoms with E-state index in [0.29, 0.717) is 24.8 Å². The Hall–Kier alpha value is -2.85. The van der Waals surface area contributed by atoms with Crippen molar-refractivity contribution in [1.82, 2.24) is 9.97 Å². The maximum atomic E-state index is 10.2. The summed E-state index contributed by atoms with van der Waals surface area (Å²) in [5.74, 6) is -0.420. The molecule has 1 fully saturated rings. The van der Waals surface area contributed by atoms with Crippen molar-refractivity contribution in [3.63, 3.8) is 0 Å². The van der Waals surface area contributed by atoms with Gasteiger partial charge in [0.2, 0.25) is 0 Å². The molecule has 0 saturated heterocycles. The minimum absolute atomic E-state index is 0.121. The summed E-state index contributed by atoms with van der Waals surface area (Å²) in [5.41, 5.74) is 3.78. The quantitative estimate of drug-likeness (QED) is 0.386. The number of hydrogen-bond donors (Lipinski definition) is 3. The van der Waals surface area contributed by atoms with Gasteiger partial charge in [-0.05, 0) is 43.9 Å². The van der Waals surface area contributed by atoms with Crippen LogP contribution in [0, 0.1) is 0 Å². The van der Waals surface area contributed by atoms with Crippen LogP contribution in [0.5, 0.6) is 17.5 Å². The smallest absolute Gasteiger partial charge is 0.316 e. The first kappa shape index (κ1) is 29.7. The van der Waals surface area contributed by atoms with Gasteiger partial charge in [0.1, 0.15) is 0 Å². The van der Waals surface area contributed by atoms with Crippen molar-refractivity contribution >= 4 is 25.9 Å². The summed E-state index contributed by atoms with van der Waals surface area (Å²) in [5, 5.41) is 10.2. The Labute approximate surface area is 221 Å². The molecule has 2 heterocycles. The molecule has 0 unspecified atom stereocenters. The topological polar surface area (TPSA) is 195 Å². The van der Waals surface area contributed by atoms with Crippen LogP contribution in [-0.2, 0) is 20.2 Å². The molecule has 2 aliphatic rings. The largest absolute Gasteiger partial charge is 0.493 e. The number of nitrogens with zero attached hydrogens (tertiary/aromatic N) is 3. The maximum absolute atomic E-state index is 10.2. The molecular formula is C23H31N3O10S2. The lowest BCUT2D eigenvalue weighted by molar-refractivity contribution is 0.111. The Balaban J connectivity index is 0.000000342. The Bertz CT molecular complexity index is 1330. The van der Waals surface area contributed by atoms with Crippen LogP contribution in [0.1, 0.15) is 48.8 Å². The molecule has 0 amide bonds. The van der Waals surface area contributed by atoms with Crippen LogP contribution < -0.4 is 14.2 Å². The van der Waals surface area contributed by atoms with E-state index in [1.54, 1.807) is 26.6 Å². The molecule has 2 aromatic rings. The molecule has 0 bridgehead atoms. The number of aliphatic hydroxyl groups is 1. The van der Waals surface area contributed by atoms with Crippen molar-refractivity contribution in [1.29, 1.82) is 0 Å². The van der Waals surface area contributed by atoms with Gasteiger partial charge in [0.05, 0.1) is 50.2 Å². The summed E-state index contributed by atoms with van der Waals surface area (Å²) in [6.45, 7) is 2.51. The lowest BCUT2D eigenvalue weighted by Crippen LogP contribution is -2.34. The molecule has 1 aliphatic heterocycles. The highest BCUT2D eigenvalue weighted by Gasteiger charge is 2.37. The summed E-state index contributed by atoms with van der Waals surface area (Å²) >= 11 is 0. The molecule has 4 rings (SSSR count). The molecule has 38 heavy (non-hydrogen) atoms. The number of rotatable bonds is 8. The zero-order valence-electron chi connectivity index (χ0n) is 21.1. The Morgan fingerprint density at radius 2 is 1.58 bits per heavy atom. The van der Waals surface area contributed by atoms with E-state index in [0.717, 1.165) is 41.0 Å². The van der Waals surface area contributed by atoms with Crippen LogP contribution >= 0.6 is 0 Å². The summed E-state index contributed by atoms with van der Waals surface area (Å²) in [6.07, 6.45) is 5.48. The number of aromatic nitrogens is 2. The van der Waals surface area contributed by atoms with Crippen LogP contribution in [0.2, 0.25) is 0 Å². The number of methoxy groups -OCH3 is 2. The summed E-state index contributed by atoms with van der Waals surface area (Å²) in [7, 11) is -5.42. The van der Waals surface area contributed by atoms with E-state index in [2.05, 4.69) is 9.97 Å². The van der Waals surface area contributed by atoms with Crippen molar-refractivity contribution in [3.05, 3.63) is 41.2 Å². The second kappa shape index (κ2) is 12.3. The van der Waals surface area contributed by atoms with Crippen LogP contribution in [-0.4, -0.2) is 91.2 Å². The molecule has 13 nitrogen and oxygen atoms in total. The van der Waals surface area contributed by atoms with Gasteiger partial charge in [0.15, 0.2) is 11.5 Å². The van der Waals surface area contributed by atoms with E-state index >= 15 is 0 Å². The fourth-order valence-electron chi connectivity index (χ4n) is 4.36. The van der Waals surface area contributed by atoms with E-state index in [4.69, 9.17) is 28.3 Å². The lowest BCUT2D eigenvalue weighted by atomic mass is 9.74. The summed E-state index contributed by atoms with van der Waals surface area (Å²) in [4.78, 5) is 13.5.